The number of carbonyl (C=O) groups excluding carboxylic acids is 1. The van der Waals surface area contributed by atoms with Crippen molar-refractivity contribution in [2.75, 3.05) is 6.54 Å². The number of carbonyl (C=O) groups is 1. The van der Waals surface area contributed by atoms with E-state index < -0.39 is 0 Å². The molecule has 0 spiro atoms. The van der Waals surface area contributed by atoms with Gasteiger partial charge in [0.05, 0.1) is 17.4 Å². The highest BCUT2D eigenvalue weighted by Crippen LogP contribution is 2.23. The second-order valence-electron chi connectivity index (χ2n) is 3.70. The van der Waals surface area contributed by atoms with Gasteiger partial charge in [0.1, 0.15) is 6.26 Å². The number of hydrogen-bond donors (Lipinski definition) is 1. The zero-order valence-corrected chi connectivity index (χ0v) is 7.67. The first-order valence-corrected chi connectivity index (χ1v) is 4.54. The SMILES string of the molecule is CC1(C(=O)c2ccoc2)CCCN1. The van der Waals surface area contributed by atoms with Crippen LogP contribution in [0.3, 0.4) is 0 Å². The molecular formula is C10H13NO2. The van der Waals surface area contributed by atoms with Crippen molar-refractivity contribution < 1.29 is 9.21 Å². The molecule has 1 unspecified atom stereocenters. The summed E-state index contributed by atoms with van der Waals surface area (Å²) >= 11 is 0. The molecule has 1 fully saturated rings. The van der Waals surface area contributed by atoms with Gasteiger partial charge in [0, 0.05) is 0 Å². The van der Waals surface area contributed by atoms with Crippen molar-refractivity contribution in [3.8, 4) is 0 Å². The predicted molar refractivity (Wildman–Crippen MR) is 48.7 cm³/mol. The van der Waals surface area contributed by atoms with Gasteiger partial charge in [0.2, 0.25) is 0 Å². The molecule has 1 aliphatic rings. The summed E-state index contributed by atoms with van der Waals surface area (Å²) < 4.78 is 4.89. The van der Waals surface area contributed by atoms with Gasteiger partial charge in [0.25, 0.3) is 0 Å². The van der Waals surface area contributed by atoms with E-state index in [0.717, 1.165) is 19.4 Å². The van der Waals surface area contributed by atoms with Crippen LogP contribution in [0.5, 0.6) is 0 Å². The van der Waals surface area contributed by atoms with E-state index in [-0.39, 0.29) is 11.3 Å². The Balaban J connectivity index is 2.21. The summed E-state index contributed by atoms with van der Waals surface area (Å²) in [5.74, 6) is 0.138. The molecule has 2 heterocycles. The summed E-state index contributed by atoms with van der Waals surface area (Å²) in [6, 6.07) is 1.72. The largest absolute Gasteiger partial charge is 0.472 e. The number of Topliss-reactive ketones (excluding diaryl/α,β-unsaturated/α-hetero) is 1. The van der Waals surface area contributed by atoms with Crippen LogP contribution < -0.4 is 5.32 Å². The lowest BCUT2D eigenvalue weighted by molar-refractivity contribution is 0.0883. The van der Waals surface area contributed by atoms with Gasteiger partial charge in [-0.05, 0) is 32.4 Å². The molecule has 0 saturated carbocycles. The summed E-state index contributed by atoms with van der Waals surface area (Å²) in [5, 5.41) is 3.23. The Bertz CT molecular complexity index is 297. The molecule has 0 aromatic carbocycles. The molecule has 3 nitrogen and oxygen atoms in total. The average molecular weight is 179 g/mol. The minimum absolute atomic E-state index is 0.138. The van der Waals surface area contributed by atoms with E-state index in [4.69, 9.17) is 4.42 Å². The summed E-state index contributed by atoms with van der Waals surface area (Å²) in [7, 11) is 0. The van der Waals surface area contributed by atoms with Gasteiger partial charge in [-0.15, -0.1) is 0 Å². The van der Waals surface area contributed by atoms with Crippen LogP contribution in [-0.2, 0) is 0 Å². The Hall–Kier alpha value is -1.09. The van der Waals surface area contributed by atoms with E-state index in [1.807, 2.05) is 6.92 Å². The summed E-state index contributed by atoms with van der Waals surface area (Å²) in [6.45, 7) is 2.88. The van der Waals surface area contributed by atoms with E-state index in [2.05, 4.69) is 5.32 Å². The van der Waals surface area contributed by atoms with E-state index in [0.29, 0.717) is 5.56 Å². The van der Waals surface area contributed by atoms with E-state index >= 15 is 0 Å². The van der Waals surface area contributed by atoms with Crippen molar-refractivity contribution in [3.05, 3.63) is 24.2 Å². The van der Waals surface area contributed by atoms with Crippen molar-refractivity contribution in [1.82, 2.24) is 5.32 Å². The molecule has 3 heteroatoms. The molecule has 1 aromatic rings. The zero-order chi connectivity index (χ0) is 9.31. The van der Waals surface area contributed by atoms with Gasteiger partial charge in [-0.1, -0.05) is 0 Å². The molecule has 2 rings (SSSR count). The highest BCUT2D eigenvalue weighted by molar-refractivity contribution is 6.02. The molecular weight excluding hydrogens is 166 g/mol. The Kier molecular flexibility index (Phi) is 1.96. The molecule has 1 aromatic heterocycles. The van der Waals surface area contributed by atoms with E-state index in [9.17, 15) is 4.79 Å². The Morgan fingerprint density at radius 1 is 1.69 bits per heavy atom. The van der Waals surface area contributed by atoms with Crippen molar-refractivity contribution in [1.29, 1.82) is 0 Å². The van der Waals surface area contributed by atoms with Crippen molar-refractivity contribution in [3.63, 3.8) is 0 Å². The maximum absolute atomic E-state index is 11.9. The number of nitrogens with one attached hydrogen (secondary N) is 1. The third-order valence-electron chi connectivity index (χ3n) is 2.65. The average Bonchev–Trinajstić information content (AvgIpc) is 2.73. The molecule has 1 N–H and O–H groups in total. The fourth-order valence-corrected chi connectivity index (χ4v) is 1.80. The van der Waals surface area contributed by atoms with Gasteiger partial charge in [-0.2, -0.15) is 0 Å². The molecule has 13 heavy (non-hydrogen) atoms. The smallest absolute Gasteiger partial charge is 0.185 e. The first-order valence-electron chi connectivity index (χ1n) is 4.54. The quantitative estimate of drug-likeness (QED) is 0.701. The van der Waals surface area contributed by atoms with Crippen LogP contribution in [0.2, 0.25) is 0 Å². The second kappa shape index (κ2) is 3.00. The molecule has 70 valence electrons. The van der Waals surface area contributed by atoms with Crippen LogP contribution >= 0.6 is 0 Å². The first-order chi connectivity index (χ1) is 6.22. The Morgan fingerprint density at radius 2 is 2.54 bits per heavy atom. The predicted octanol–water partition coefficient (Wildman–Crippen LogP) is 1.60. The van der Waals surface area contributed by atoms with Crippen LogP contribution in [0, 0.1) is 0 Å². The topological polar surface area (TPSA) is 42.2 Å². The number of furan rings is 1. The van der Waals surface area contributed by atoms with Gasteiger partial charge >= 0.3 is 0 Å². The van der Waals surface area contributed by atoms with Gasteiger partial charge in [-0.3, -0.25) is 4.79 Å². The molecule has 0 radical (unpaired) electrons. The minimum Gasteiger partial charge on any atom is -0.472 e. The maximum atomic E-state index is 11.9. The molecule has 0 amide bonds. The first kappa shape index (κ1) is 8.51. The third-order valence-corrected chi connectivity index (χ3v) is 2.65. The lowest BCUT2D eigenvalue weighted by atomic mass is 9.91. The van der Waals surface area contributed by atoms with Crippen LogP contribution in [0.4, 0.5) is 0 Å². The van der Waals surface area contributed by atoms with E-state index in [1.54, 1.807) is 6.07 Å². The summed E-state index contributed by atoms with van der Waals surface area (Å²) in [6.07, 6.45) is 5.02. The number of ketones is 1. The molecule has 1 atom stereocenters. The van der Waals surface area contributed by atoms with Crippen LogP contribution in [-0.4, -0.2) is 17.9 Å². The van der Waals surface area contributed by atoms with Crippen LogP contribution in [0.15, 0.2) is 23.0 Å². The standard InChI is InChI=1S/C10H13NO2/c1-10(4-2-5-11-10)9(12)8-3-6-13-7-8/h3,6-7,11H,2,4-5H2,1H3. The summed E-state index contributed by atoms with van der Waals surface area (Å²) in [5.41, 5.74) is 0.293. The number of rotatable bonds is 2. The van der Waals surface area contributed by atoms with Crippen molar-refractivity contribution in [2.45, 2.75) is 25.3 Å². The number of hydrogen-bond acceptors (Lipinski definition) is 3. The van der Waals surface area contributed by atoms with E-state index in [1.165, 1.54) is 12.5 Å². The highest BCUT2D eigenvalue weighted by Gasteiger charge is 2.36. The zero-order valence-electron chi connectivity index (χ0n) is 7.67. The fraction of sp³-hybridized carbons (Fsp3) is 0.500. The third kappa shape index (κ3) is 1.40. The maximum Gasteiger partial charge on any atom is 0.185 e. The normalized spacial score (nSPS) is 27.8. The lowest BCUT2D eigenvalue weighted by Gasteiger charge is -2.21. The lowest BCUT2D eigenvalue weighted by Crippen LogP contribution is -2.44. The van der Waals surface area contributed by atoms with Gasteiger partial charge in [0.15, 0.2) is 5.78 Å². The van der Waals surface area contributed by atoms with Crippen molar-refractivity contribution in [2.24, 2.45) is 0 Å². The van der Waals surface area contributed by atoms with Gasteiger partial charge < -0.3 is 9.73 Å². The highest BCUT2D eigenvalue weighted by atomic mass is 16.3. The Morgan fingerprint density at radius 3 is 3.08 bits per heavy atom. The summed E-state index contributed by atoms with van der Waals surface area (Å²) in [4.78, 5) is 11.9. The molecule has 0 aliphatic carbocycles. The molecule has 0 bridgehead atoms. The fourth-order valence-electron chi connectivity index (χ4n) is 1.80. The van der Waals surface area contributed by atoms with Crippen LogP contribution in [0.1, 0.15) is 30.1 Å². The monoisotopic (exact) mass is 179 g/mol. The molecule has 1 saturated heterocycles. The second-order valence-corrected chi connectivity index (χ2v) is 3.70. The Labute approximate surface area is 77.1 Å². The van der Waals surface area contributed by atoms with Gasteiger partial charge in [-0.25, -0.2) is 0 Å². The minimum atomic E-state index is -0.371. The van der Waals surface area contributed by atoms with Crippen LogP contribution in [0.25, 0.3) is 0 Å². The molecule has 1 aliphatic heterocycles. The van der Waals surface area contributed by atoms with Crippen molar-refractivity contribution >= 4 is 5.78 Å².